The van der Waals surface area contributed by atoms with Crippen molar-refractivity contribution in [2.75, 3.05) is 0 Å². The summed E-state index contributed by atoms with van der Waals surface area (Å²) in [7, 11) is 0. The molecule has 0 aliphatic rings. The molecule has 0 N–H and O–H groups in total. The second-order valence-electron chi connectivity index (χ2n) is 7.19. The molecule has 0 amide bonds. The van der Waals surface area contributed by atoms with Crippen LogP contribution >= 0.6 is 0 Å². The molecule has 0 unspecified atom stereocenters. The van der Waals surface area contributed by atoms with E-state index in [4.69, 9.17) is 9.26 Å². The highest BCUT2D eigenvalue weighted by Gasteiger charge is 2.20. The Morgan fingerprint density at radius 3 is 2.50 bits per heavy atom. The average Bonchev–Trinajstić information content (AvgIpc) is 3.22. The summed E-state index contributed by atoms with van der Waals surface area (Å²) in [6, 6.07) is 14.3. The summed E-state index contributed by atoms with van der Waals surface area (Å²) < 4.78 is 11.8. The van der Waals surface area contributed by atoms with Crippen LogP contribution in [0.25, 0.3) is 22.2 Å². The molecular weight excluding hydrogens is 384 g/mol. The van der Waals surface area contributed by atoms with Crippen LogP contribution in [0.2, 0.25) is 0 Å². The lowest BCUT2D eigenvalue weighted by atomic mass is 10.1. The van der Waals surface area contributed by atoms with Crippen LogP contribution in [0.3, 0.4) is 0 Å². The summed E-state index contributed by atoms with van der Waals surface area (Å²) in [6.07, 6.45) is 0. The molecule has 0 bridgehead atoms. The van der Waals surface area contributed by atoms with Gasteiger partial charge in [-0.3, -0.25) is 4.79 Å². The molecule has 0 aliphatic carbocycles. The molecule has 30 heavy (non-hydrogen) atoms. The van der Waals surface area contributed by atoms with Crippen molar-refractivity contribution in [1.82, 2.24) is 19.9 Å². The standard InChI is InChI=1S/C22H20N4O4/c1-13(2)26-21(27)17-7-5-4-6-16(17)19(24-26)22(28)29-12-18-23-20(25-30-18)15-10-8-14(3)9-11-15/h4-11,13H,12H2,1-3H3. The molecule has 4 rings (SSSR count). The van der Waals surface area contributed by atoms with E-state index in [1.54, 1.807) is 24.3 Å². The Morgan fingerprint density at radius 2 is 1.80 bits per heavy atom. The third-order valence-corrected chi connectivity index (χ3v) is 4.62. The van der Waals surface area contributed by atoms with Gasteiger partial charge in [-0.2, -0.15) is 10.1 Å². The highest BCUT2D eigenvalue weighted by molar-refractivity contribution is 6.02. The molecule has 152 valence electrons. The maximum atomic E-state index is 12.7. The van der Waals surface area contributed by atoms with Crippen LogP contribution in [0.4, 0.5) is 0 Å². The number of carbonyl (C=O) groups excluding carboxylic acids is 1. The lowest BCUT2D eigenvalue weighted by molar-refractivity contribution is 0.0422. The molecule has 0 radical (unpaired) electrons. The largest absolute Gasteiger partial charge is 0.451 e. The summed E-state index contributed by atoms with van der Waals surface area (Å²) in [5.74, 6) is -0.0888. The molecule has 8 heteroatoms. The Morgan fingerprint density at radius 1 is 1.10 bits per heavy atom. The van der Waals surface area contributed by atoms with E-state index in [2.05, 4.69) is 15.2 Å². The lowest BCUT2D eigenvalue weighted by Crippen LogP contribution is -2.27. The van der Waals surface area contributed by atoms with Crippen LogP contribution in [-0.4, -0.2) is 25.9 Å². The number of aryl methyl sites for hydroxylation is 1. The number of esters is 1. The number of benzene rings is 2. The van der Waals surface area contributed by atoms with Gasteiger partial charge in [0.1, 0.15) is 0 Å². The van der Waals surface area contributed by atoms with Gasteiger partial charge >= 0.3 is 5.97 Å². The van der Waals surface area contributed by atoms with Crippen LogP contribution in [-0.2, 0) is 11.3 Å². The van der Waals surface area contributed by atoms with E-state index < -0.39 is 5.97 Å². The number of aromatic nitrogens is 4. The van der Waals surface area contributed by atoms with Gasteiger partial charge in [-0.25, -0.2) is 9.48 Å². The Hall–Kier alpha value is -3.81. The van der Waals surface area contributed by atoms with Crippen molar-refractivity contribution in [2.45, 2.75) is 33.4 Å². The van der Waals surface area contributed by atoms with E-state index in [0.717, 1.165) is 11.1 Å². The van der Waals surface area contributed by atoms with Gasteiger partial charge in [0.05, 0.1) is 11.4 Å². The number of hydrogen-bond acceptors (Lipinski definition) is 7. The van der Waals surface area contributed by atoms with Gasteiger partial charge < -0.3 is 9.26 Å². The fraction of sp³-hybridized carbons (Fsp3) is 0.227. The molecule has 8 nitrogen and oxygen atoms in total. The van der Waals surface area contributed by atoms with Crippen LogP contribution in [0.1, 0.15) is 41.8 Å². The molecule has 0 atom stereocenters. The van der Waals surface area contributed by atoms with E-state index in [0.29, 0.717) is 16.6 Å². The number of fused-ring (bicyclic) bond motifs is 1. The number of carbonyl (C=O) groups is 1. The molecule has 2 aromatic heterocycles. The van der Waals surface area contributed by atoms with Crippen molar-refractivity contribution in [3.8, 4) is 11.4 Å². The first-order chi connectivity index (χ1) is 14.4. The van der Waals surface area contributed by atoms with Crippen LogP contribution in [0.15, 0.2) is 57.8 Å². The first-order valence-electron chi connectivity index (χ1n) is 9.52. The molecule has 4 aromatic rings. The Balaban J connectivity index is 1.58. The third kappa shape index (κ3) is 3.71. The van der Waals surface area contributed by atoms with Crippen molar-refractivity contribution < 1.29 is 14.1 Å². The summed E-state index contributed by atoms with van der Waals surface area (Å²) >= 11 is 0. The predicted octanol–water partition coefficient (Wildman–Crippen LogP) is 3.69. The molecule has 0 saturated carbocycles. The zero-order chi connectivity index (χ0) is 21.3. The van der Waals surface area contributed by atoms with E-state index in [-0.39, 0.29) is 29.8 Å². The van der Waals surface area contributed by atoms with E-state index in [9.17, 15) is 9.59 Å². The van der Waals surface area contributed by atoms with Crippen LogP contribution in [0.5, 0.6) is 0 Å². The molecule has 0 spiro atoms. The highest BCUT2D eigenvalue weighted by atomic mass is 16.6. The van der Waals surface area contributed by atoms with Gasteiger partial charge in [0, 0.05) is 10.9 Å². The molecule has 0 saturated heterocycles. The fourth-order valence-electron chi connectivity index (χ4n) is 3.04. The molecule has 0 fully saturated rings. The normalized spacial score (nSPS) is 11.2. The maximum Gasteiger partial charge on any atom is 0.359 e. The first-order valence-corrected chi connectivity index (χ1v) is 9.52. The van der Waals surface area contributed by atoms with Gasteiger partial charge in [-0.15, -0.1) is 0 Å². The Bertz CT molecular complexity index is 1270. The number of ether oxygens (including phenoxy) is 1. The minimum absolute atomic E-state index is 0.0668. The zero-order valence-electron chi connectivity index (χ0n) is 16.8. The second-order valence-corrected chi connectivity index (χ2v) is 7.19. The second kappa shape index (κ2) is 7.90. The van der Waals surface area contributed by atoms with Crippen molar-refractivity contribution in [3.63, 3.8) is 0 Å². The summed E-state index contributed by atoms with van der Waals surface area (Å²) in [6.45, 7) is 5.44. The van der Waals surface area contributed by atoms with Crippen LogP contribution < -0.4 is 5.56 Å². The molecule has 2 aromatic carbocycles. The average molecular weight is 404 g/mol. The monoisotopic (exact) mass is 404 g/mol. The minimum Gasteiger partial charge on any atom is -0.451 e. The fourth-order valence-corrected chi connectivity index (χ4v) is 3.04. The predicted molar refractivity (Wildman–Crippen MR) is 110 cm³/mol. The smallest absolute Gasteiger partial charge is 0.359 e. The highest BCUT2D eigenvalue weighted by Crippen LogP contribution is 2.18. The third-order valence-electron chi connectivity index (χ3n) is 4.62. The minimum atomic E-state index is -0.671. The number of nitrogens with zero attached hydrogens (tertiary/aromatic N) is 4. The van der Waals surface area contributed by atoms with Crippen molar-refractivity contribution in [2.24, 2.45) is 0 Å². The quantitative estimate of drug-likeness (QED) is 0.468. The van der Waals surface area contributed by atoms with Crippen molar-refractivity contribution >= 4 is 16.7 Å². The van der Waals surface area contributed by atoms with Gasteiger partial charge in [0.2, 0.25) is 5.82 Å². The maximum absolute atomic E-state index is 12.7. The Kier molecular flexibility index (Phi) is 5.14. The summed E-state index contributed by atoms with van der Waals surface area (Å²) in [4.78, 5) is 29.6. The van der Waals surface area contributed by atoms with E-state index in [1.807, 2.05) is 45.0 Å². The van der Waals surface area contributed by atoms with E-state index in [1.165, 1.54) is 4.68 Å². The summed E-state index contributed by atoms with van der Waals surface area (Å²) in [5, 5.41) is 9.01. The van der Waals surface area contributed by atoms with Crippen LogP contribution in [0, 0.1) is 6.92 Å². The van der Waals surface area contributed by atoms with Crippen molar-refractivity contribution in [1.29, 1.82) is 0 Å². The number of rotatable bonds is 5. The van der Waals surface area contributed by atoms with E-state index >= 15 is 0 Å². The van der Waals surface area contributed by atoms with Crippen molar-refractivity contribution in [3.05, 3.63) is 76.0 Å². The first kappa shape index (κ1) is 19.5. The molecular formula is C22H20N4O4. The SMILES string of the molecule is Cc1ccc(-c2noc(COC(=O)c3nn(C(C)C)c(=O)c4ccccc34)n2)cc1. The zero-order valence-corrected chi connectivity index (χ0v) is 16.8. The molecule has 0 aliphatic heterocycles. The Labute approximate surface area is 172 Å². The number of hydrogen-bond donors (Lipinski definition) is 0. The van der Waals surface area contributed by atoms with Gasteiger partial charge in [-0.1, -0.05) is 53.2 Å². The topological polar surface area (TPSA) is 100 Å². The van der Waals surface area contributed by atoms with Gasteiger partial charge in [0.25, 0.3) is 11.4 Å². The molecule has 2 heterocycles. The lowest BCUT2D eigenvalue weighted by Gasteiger charge is -2.12. The van der Waals surface area contributed by atoms with Gasteiger partial charge in [-0.05, 0) is 26.8 Å². The summed E-state index contributed by atoms with van der Waals surface area (Å²) in [5.41, 5.74) is 1.74. The van der Waals surface area contributed by atoms with Gasteiger partial charge in [0.15, 0.2) is 12.3 Å².